The van der Waals surface area contributed by atoms with Gasteiger partial charge < -0.3 is 14.7 Å². The van der Waals surface area contributed by atoms with Crippen LogP contribution in [0.3, 0.4) is 0 Å². The molecule has 5 heteroatoms. The van der Waals surface area contributed by atoms with Crippen LogP contribution in [0.2, 0.25) is 0 Å². The summed E-state index contributed by atoms with van der Waals surface area (Å²) >= 11 is 0. The second-order valence-electron chi connectivity index (χ2n) is 15.6. The number of benzene rings is 5. The highest BCUT2D eigenvalue weighted by atomic mass is 15.3. The number of pyridine rings is 1. The number of hydrogen-bond donors (Lipinski definition) is 0. The standard InChI is InChI=1S/C46H45N5/c1-45(2,3)33-27-34(46(4,5)6)29-39(28-33)49-26-25-48(32-49)36-17-14-18-37(30-36)50(35-15-8-7-9-16-35)38-22-23-41-40-19-10-11-20-42(40)51(43(41)31-38)44-21-12-13-24-47-44/h7-31H,32H2,1-6H3. The van der Waals surface area contributed by atoms with Gasteiger partial charge in [0.2, 0.25) is 0 Å². The quantitative estimate of drug-likeness (QED) is 0.176. The van der Waals surface area contributed by atoms with Gasteiger partial charge in [0.15, 0.2) is 0 Å². The van der Waals surface area contributed by atoms with Crippen molar-refractivity contribution in [3.05, 3.63) is 163 Å². The van der Waals surface area contributed by atoms with Crippen molar-refractivity contribution >= 4 is 50.2 Å². The second-order valence-corrected chi connectivity index (χ2v) is 15.6. The van der Waals surface area contributed by atoms with E-state index < -0.39 is 0 Å². The minimum atomic E-state index is 0.0589. The zero-order valence-corrected chi connectivity index (χ0v) is 30.4. The Bertz CT molecular complexity index is 2340. The first-order chi connectivity index (χ1) is 24.5. The SMILES string of the molecule is CC(C)(C)c1cc(N2C=CN(c3cccc(N(c4ccccc4)c4ccc5c6ccccc6n(-c6ccccn6)c5c4)c3)C2)cc(C(C)(C)C)c1. The van der Waals surface area contributed by atoms with Crippen molar-refractivity contribution in [2.45, 2.75) is 52.4 Å². The van der Waals surface area contributed by atoms with Crippen LogP contribution in [0.25, 0.3) is 27.6 Å². The van der Waals surface area contributed by atoms with E-state index >= 15 is 0 Å². The van der Waals surface area contributed by atoms with Gasteiger partial charge in [-0.3, -0.25) is 4.57 Å². The van der Waals surface area contributed by atoms with Gasteiger partial charge in [0.1, 0.15) is 5.82 Å². The minimum absolute atomic E-state index is 0.0589. The van der Waals surface area contributed by atoms with Crippen molar-refractivity contribution in [1.29, 1.82) is 0 Å². The van der Waals surface area contributed by atoms with Gasteiger partial charge in [0.25, 0.3) is 0 Å². The molecule has 0 saturated heterocycles. The molecule has 3 heterocycles. The lowest BCUT2D eigenvalue weighted by Crippen LogP contribution is -2.26. The highest BCUT2D eigenvalue weighted by Crippen LogP contribution is 2.41. The Balaban J connectivity index is 1.19. The summed E-state index contributed by atoms with van der Waals surface area (Å²) in [5.74, 6) is 0.905. The molecule has 0 spiro atoms. The van der Waals surface area contributed by atoms with Gasteiger partial charge in [-0.1, -0.05) is 102 Å². The first-order valence-corrected chi connectivity index (χ1v) is 17.8. The zero-order chi connectivity index (χ0) is 35.3. The third kappa shape index (κ3) is 6.14. The molecule has 8 rings (SSSR count). The molecule has 0 N–H and O–H groups in total. The van der Waals surface area contributed by atoms with E-state index in [-0.39, 0.29) is 10.8 Å². The summed E-state index contributed by atoms with van der Waals surface area (Å²) in [5.41, 5.74) is 10.7. The number of para-hydroxylation sites is 2. The van der Waals surface area contributed by atoms with E-state index in [0.717, 1.165) is 46.3 Å². The highest BCUT2D eigenvalue weighted by molar-refractivity contribution is 6.10. The lowest BCUT2D eigenvalue weighted by atomic mass is 9.80. The first kappa shape index (κ1) is 32.4. The fourth-order valence-electron chi connectivity index (χ4n) is 7.06. The first-order valence-electron chi connectivity index (χ1n) is 17.8. The third-order valence-electron chi connectivity index (χ3n) is 9.94. The maximum atomic E-state index is 4.76. The van der Waals surface area contributed by atoms with Crippen LogP contribution < -0.4 is 14.7 Å². The predicted molar refractivity (Wildman–Crippen MR) is 216 cm³/mol. The van der Waals surface area contributed by atoms with Crippen LogP contribution in [0.1, 0.15) is 52.7 Å². The zero-order valence-electron chi connectivity index (χ0n) is 30.4. The Morgan fingerprint density at radius 2 is 1.14 bits per heavy atom. The fraction of sp³-hybridized carbons (Fsp3) is 0.196. The van der Waals surface area contributed by atoms with E-state index in [0.29, 0.717) is 0 Å². The minimum Gasteiger partial charge on any atom is -0.328 e. The molecule has 5 aromatic carbocycles. The summed E-state index contributed by atoms with van der Waals surface area (Å²) < 4.78 is 2.27. The molecule has 0 unspecified atom stereocenters. The van der Waals surface area contributed by atoms with Crippen molar-refractivity contribution < 1.29 is 0 Å². The monoisotopic (exact) mass is 667 g/mol. The van der Waals surface area contributed by atoms with Crippen LogP contribution in [0.5, 0.6) is 0 Å². The van der Waals surface area contributed by atoms with Crippen LogP contribution in [-0.4, -0.2) is 16.2 Å². The maximum Gasteiger partial charge on any atom is 0.137 e. The number of aromatic nitrogens is 2. The molecule has 1 aliphatic rings. The normalized spacial score (nSPS) is 13.5. The summed E-state index contributed by atoms with van der Waals surface area (Å²) in [4.78, 5) is 11.8. The van der Waals surface area contributed by atoms with E-state index in [1.807, 2.05) is 18.3 Å². The van der Waals surface area contributed by atoms with Gasteiger partial charge in [0.05, 0.1) is 17.7 Å². The topological polar surface area (TPSA) is 27.5 Å². The molecule has 7 aromatic rings. The van der Waals surface area contributed by atoms with Gasteiger partial charge in [-0.2, -0.15) is 0 Å². The number of rotatable bonds is 6. The average Bonchev–Trinajstić information content (AvgIpc) is 3.76. The molecule has 0 fully saturated rings. The molecule has 1 aliphatic heterocycles. The Morgan fingerprint density at radius 1 is 0.510 bits per heavy atom. The third-order valence-corrected chi connectivity index (χ3v) is 9.94. The van der Waals surface area contributed by atoms with Crippen LogP contribution in [0, 0.1) is 0 Å². The summed E-state index contributed by atoms with van der Waals surface area (Å²) in [6.07, 6.45) is 6.27. The van der Waals surface area contributed by atoms with Crippen molar-refractivity contribution in [3.63, 3.8) is 0 Å². The van der Waals surface area contributed by atoms with Crippen LogP contribution >= 0.6 is 0 Å². The molecule has 0 bridgehead atoms. The molecule has 2 aromatic heterocycles. The molecule has 0 saturated carbocycles. The van der Waals surface area contributed by atoms with Crippen molar-refractivity contribution in [3.8, 4) is 5.82 Å². The van der Waals surface area contributed by atoms with Gasteiger partial charge in [-0.15, -0.1) is 0 Å². The van der Waals surface area contributed by atoms with Gasteiger partial charge in [-0.05, 0) is 94.8 Å². The van der Waals surface area contributed by atoms with Gasteiger partial charge >= 0.3 is 0 Å². The fourth-order valence-corrected chi connectivity index (χ4v) is 7.06. The van der Waals surface area contributed by atoms with Crippen molar-refractivity contribution in [1.82, 2.24) is 9.55 Å². The van der Waals surface area contributed by atoms with E-state index in [1.54, 1.807) is 0 Å². The summed E-state index contributed by atoms with van der Waals surface area (Å²) in [7, 11) is 0. The number of hydrogen-bond acceptors (Lipinski definition) is 4. The lowest BCUT2D eigenvalue weighted by Gasteiger charge is -2.29. The number of nitrogens with zero attached hydrogens (tertiary/aromatic N) is 5. The molecule has 5 nitrogen and oxygen atoms in total. The lowest BCUT2D eigenvalue weighted by molar-refractivity contribution is 0.568. The molecular formula is C46H45N5. The summed E-state index contributed by atoms with van der Waals surface area (Å²) in [6, 6.07) is 48.1. The summed E-state index contributed by atoms with van der Waals surface area (Å²) in [6.45, 7) is 14.5. The number of anilines is 5. The molecule has 0 aliphatic carbocycles. The predicted octanol–water partition coefficient (Wildman–Crippen LogP) is 12.0. The molecule has 51 heavy (non-hydrogen) atoms. The second kappa shape index (κ2) is 12.5. The highest BCUT2D eigenvalue weighted by Gasteiger charge is 2.24. The molecular weight excluding hydrogens is 623 g/mol. The van der Waals surface area contributed by atoms with Crippen molar-refractivity contribution in [2.75, 3.05) is 21.4 Å². The van der Waals surface area contributed by atoms with Gasteiger partial charge in [-0.25, -0.2) is 4.98 Å². The van der Waals surface area contributed by atoms with Crippen LogP contribution in [-0.2, 0) is 10.8 Å². The van der Waals surface area contributed by atoms with E-state index in [2.05, 4.69) is 195 Å². The van der Waals surface area contributed by atoms with E-state index in [1.165, 1.54) is 27.6 Å². The molecule has 0 amide bonds. The maximum absolute atomic E-state index is 4.76. The van der Waals surface area contributed by atoms with Gasteiger partial charge in [0, 0.05) is 57.8 Å². The van der Waals surface area contributed by atoms with E-state index in [4.69, 9.17) is 4.98 Å². The number of fused-ring (bicyclic) bond motifs is 3. The summed E-state index contributed by atoms with van der Waals surface area (Å²) in [5, 5.41) is 2.42. The van der Waals surface area contributed by atoms with Crippen molar-refractivity contribution in [2.24, 2.45) is 0 Å². The largest absolute Gasteiger partial charge is 0.328 e. The average molecular weight is 668 g/mol. The Hall–Kier alpha value is -5.81. The Morgan fingerprint density at radius 3 is 1.84 bits per heavy atom. The van der Waals surface area contributed by atoms with E-state index in [9.17, 15) is 0 Å². The molecule has 0 atom stereocenters. The molecule has 254 valence electrons. The smallest absolute Gasteiger partial charge is 0.137 e. The van der Waals surface area contributed by atoms with Crippen LogP contribution in [0.4, 0.5) is 28.4 Å². The van der Waals surface area contributed by atoms with Crippen LogP contribution in [0.15, 0.2) is 152 Å². The Kier molecular flexibility index (Phi) is 7.94. The Labute approximate surface area is 301 Å². The molecule has 0 radical (unpaired) electrons.